The molecule has 23 nitrogen and oxygen atoms in total. The number of carbonyl (C=O) groups is 2. The molecule has 2 unspecified atom stereocenters. The monoisotopic (exact) mass is 972 g/mol. The highest BCUT2D eigenvalue weighted by Gasteiger charge is 2.30. The lowest BCUT2D eigenvalue weighted by molar-refractivity contribution is 0.0605. The van der Waals surface area contributed by atoms with Gasteiger partial charge in [0.25, 0.3) is 5.91 Å². The van der Waals surface area contributed by atoms with Gasteiger partial charge in [0, 0.05) is 86.1 Å². The molecule has 0 radical (unpaired) electrons. The molecule has 6 atom stereocenters. The number of anilines is 2. The fraction of sp³-hybridized carbons (Fsp3) is 0.417. The lowest BCUT2D eigenvalue weighted by Gasteiger charge is -2.24. The van der Waals surface area contributed by atoms with Crippen LogP contribution >= 0.6 is 0 Å². The van der Waals surface area contributed by atoms with E-state index in [4.69, 9.17) is 34.8 Å². The highest BCUT2D eigenvalue weighted by atomic mass is 16.5. The third-order valence-corrected chi connectivity index (χ3v) is 13.2. The number of aromatic nitrogens is 10. The van der Waals surface area contributed by atoms with Crippen molar-refractivity contribution in [3.05, 3.63) is 84.7 Å². The maximum Gasteiger partial charge on any atom is 0.341 e. The Morgan fingerprint density at radius 2 is 1.20 bits per heavy atom. The molecule has 4 aliphatic heterocycles. The van der Waals surface area contributed by atoms with Gasteiger partial charge in [0.1, 0.15) is 34.1 Å². The van der Waals surface area contributed by atoms with Crippen LogP contribution in [0.25, 0.3) is 55.9 Å². The van der Waals surface area contributed by atoms with Crippen LogP contribution in [0.5, 0.6) is 0 Å². The second kappa shape index (κ2) is 20.7. The highest BCUT2D eigenvalue weighted by Crippen LogP contribution is 2.36. The number of pyridine rings is 2. The van der Waals surface area contributed by atoms with Crippen LogP contribution in [0, 0.1) is 0 Å². The minimum Gasteiger partial charge on any atom is -0.477 e. The first-order chi connectivity index (χ1) is 34.6. The Morgan fingerprint density at radius 3 is 1.63 bits per heavy atom. The van der Waals surface area contributed by atoms with E-state index in [-0.39, 0.29) is 42.8 Å². The molecule has 4 fully saturated rings. The molecule has 71 heavy (non-hydrogen) atoms. The number of aromatic carboxylic acids is 1. The van der Waals surface area contributed by atoms with Crippen LogP contribution in [0.15, 0.2) is 73.6 Å². The number of carboxylic acids is 1. The first-order valence-corrected chi connectivity index (χ1v) is 23.6. The minimum atomic E-state index is -1.06. The Labute approximate surface area is 405 Å². The molecule has 8 N–H and O–H groups in total. The molecule has 0 bridgehead atoms. The number of nitrogens with two attached hydrogens (primary N) is 1. The highest BCUT2D eigenvalue weighted by molar-refractivity contribution is 6.01. The summed E-state index contributed by atoms with van der Waals surface area (Å²) >= 11 is 0. The van der Waals surface area contributed by atoms with Gasteiger partial charge in [-0.15, -0.1) is 0 Å². The zero-order valence-electron chi connectivity index (χ0n) is 39.2. The summed E-state index contributed by atoms with van der Waals surface area (Å²) in [7, 11) is 3.57. The van der Waals surface area contributed by atoms with Gasteiger partial charge in [-0.3, -0.25) is 4.79 Å². The summed E-state index contributed by atoms with van der Waals surface area (Å²) < 4.78 is 28.9. The Hall–Kier alpha value is -7.12. The lowest BCUT2D eigenvalue weighted by Crippen LogP contribution is -2.42. The van der Waals surface area contributed by atoms with Gasteiger partial charge in [0.15, 0.2) is 11.3 Å². The summed E-state index contributed by atoms with van der Waals surface area (Å²) in [4.78, 5) is 43.4. The Balaban J connectivity index is 0.000000146. The first-order valence-electron chi connectivity index (χ1n) is 23.6. The van der Waals surface area contributed by atoms with Gasteiger partial charge in [-0.1, -0.05) is 0 Å². The van der Waals surface area contributed by atoms with E-state index in [1.54, 1.807) is 31.0 Å². The molecule has 1 amide bonds. The van der Waals surface area contributed by atoms with Gasteiger partial charge in [-0.25, -0.2) is 24.7 Å². The van der Waals surface area contributed by atoms with Crippen LogP contribution < -0.4 is 21.7 Å². The Kier molecular flexibility index (Phi) is 13.9. The number of hydrogen-bond donors (Lipinski definition) is 7. The maximum absolute atomic E-state index is 13.1. The van der Waals surface area contributed by atoms with Crippen LogP contribution in [0.4, 0.5) is 11.6 Å². The van der Waals surface area contributed by atoms with Crippen LogP contribution in [-0.2, 0) is 18.9 Å². The minimum absolute atomic E-state index is 0.0610. The molecule has 0 spiro atoms. The van der Waals surface area contributed by atoms with Crippen molar-refractivity contribution in [3.63, 3.8) is 0 Å². The third kappa shape index (κ3) is 9.47. The van der Waals surface area contributed by atoms with E-state index in [9.17, 15) is 19.8 Å². The number of nitrogens with one attached hydrogen (secondary N) is 3. The van der Waals surface area contributed by atoms with E-state index in [2.05, 4.69) is 56.4 Å². The molecule has 372 valence electrons. The molecule has 4 saturated heterocycles. The molecular formula is C48H56N14O9. The average molecular weight is 973 g/mol. The number of ether oxygens (including phenoxy) is 4. The number of nitrogens with zero attached hydrogens (tertiary/aromatic N) is 10. The molecule has 12 heterocycles. The number of carboxylic acid groups (broad SMARTS) is 1. The SMILES string of the molecule is CNc1cc(-c2cn([C@H]3CCCOC3)c3ncccc23)nc2c(C(=O)NC3COC[C@H]3O)cnn12.CNc1cc(-c2cn([C@H]3CCCOC3)c3ncccc23)nc2c(C(=O)O)cnn12.NC1COC[C@H]1O. The van der Waals surface area contributed by atoms with Crippen molar-refractivity contribution in [1.82, 2.24) is 53.6 Å². The number of hydrogen-bond acceptors (Lipinski definition) is 17. The van der Waals surface area contributed by atoms with Crippen molar-refractivity contribution in [2.24, 2.45) is 5.73 Å². The summed E-state index contributed by atoms with van der Waals surface area (Å²) in [5.74, 6) is -0.0674. The van der Waals surface area contributed by atoms with Gasteiger partial charge >= 0.3 is 5.97 Å². The molecule has 4 aliphatic rings. The number of rotatable bonds is 9. The van der Waals surface area contributed by atoms with Gasteiger partial charge in [0.2, 0.25) is 0 Å². The summed E-state index contributed by atoms with van der Waals surface area (Å²) in [5, 5.41) is 47.8. The number of amides is 1. The van der Waals surface area contributed by atoms with Gasteiger partial charge in [-0.05, 0) is 49.9 Å². The van der Waals surface area contributed by atoms with Crippen molar-refractivity contribution in [1.29, 1.82) is 0 Å². The van der Waals surface area contributed by atoms with Crippen molar-refractivity contribution in [3.8, 4) is 22.5 Å². The Bertz CT molecular complexity index is 3180. The number of aliphatic hydroxyl groups excluding tert-OH is 2. The molecule has 0 aromatic carbocycles. The van der Waals surface area contributed by atoms with Gasteiger partial charge in [-0.2, -0.15) is 19.2 Å². The fourth-order valence-electron chi connectivity index (χ4n) is 9.37. The van der Waals surface area contributed by atoms with E-state index in [0.717, 1.165) is 72.1 Å². The van der Waals surface area contributed by atoms with Gasteiger partial charge < -0.3 is 65.1 Å². The summed E-state index contributed by atoms with van der Waals surface area (Å²) in [6, 6.07) is 11.4. The molecule has 23 heteroatoms. The van der Waals surface area contributed by atoms with Crippen molar-refractivity contribution < 1.29 is 43.9 Å². The second-order valence-electron chi connectivity index (χ2n) is 17.8. The standard InChI is InChI=1S/C24H27N7O4.C20H20N6O3.C4H9NO2/c1-25-21-8-18(17-10-30(14-4-3-7-34-11-14)22-15(17)5-2-6-26-22)28-23-16(9-27-31(21)23)24(33)29-19-12-35-13-20(19)32;1-21-17-8-16(24-19-14(20(27)28)9-23-26(17)19)15-10-25(12-4-3-7-29-11-12)18-13(15)5-2-6-22-18;5-3-1-7-2-4(3)6/h2,5-6,8-10,14,19-20,25,32H,3-4,7,11-13H2,1H3,(H,29,33);2,5-6,8-10,12,21H,3-4,7,11H2,1H3,(H,27,28);3-4,6H,1-2,5H2/t14-,19?,20+;12-;3?,4-/m001/s1. The molecule has 8 aromatic heterocycles. The van der Waals surface area contributed by atoms with E-state index < -0.39 is 24.2 Å². The predicted molar refractivity (Wildman–Crippen MR) is 261 cm³/mol. The molecule has 8 aromatic rings. The number of aliphatic hydroxyl groups is 2. The predicted octanol–water partition coefficient (Wildman–Crippen LogP) is 3.17. The van der Waals surface area contributed by atoms with E-state index >= 15 is 0 Å². The van der Waals surface area contributed by atoms with E-state index in [1.807, 2.05) is 42.6 Å². The maximum atomic E-state index is 13.1. The Morgan fingerprint density at radius 1 is 0.676 bits per heavy atom. The fourth-order valence-corrected chi connectivity index (χ4v) is 9.37. The topological polar surface area (TPSA) is 290 Å². The third-order valence-electron chi connectivity index (χ3n) is 13.2. The van der Waals surface area contributed by atoms with Crippen LogP contribution in [0.3, 0.4) is 0 Å². The quantitative estimate of drug-likeness (QED) is 0.109. The number of fused-ring (bicyclic) bond motifs is 4. The summed E-state index contributed by atoms with van der Waals surface area (Å²) in [6.07, 6.45) is 13.4. The summed E-state index contributed by atoms with van der Waals surface area (Å²) in [5.41, 5.74) is 11.3. The zero-order chi connectivity index (χ0) is 49.2. The molecule has 0 aliphatic carbocycles. The number of carbonyl (C=O) groups excluding carboxylic acids is 1. The van der Waals surface area contributed by atoms with Crippen LogP contribution in [0.1, 0.15) is 58.5 Å². The molecular weight excluding hydrogens is 917 g/mol. The van der Waals surface area contributed by atoms with Gasteiger partial charge in [0.05, 0.1) is 99.8 Å². The molecule has 12 rings (SSSR count). The van der Waals surface area contributed by atoms with Crippen LogP contribution in [-0.4, -0.2) is 167 Å². The van der Waals surface area contributed by atoms with Crippen molar-refractivity contribution in [2.75, 3.05) is 77.6 Å². The second-order valence-corrected chi connectivity index (χ2v) is 17.8. The average Bonchev–Trinajstić information content (AvgIpc) is 4.28. The van der Waals surface area contributed by atoms with Crippen molar-refractivity contribution in [2.45, 2.75) is 62.1 Å². The van der Waals surface area contributed by atoms with E-state index in [0.29, 0.717) is 66.3 Å². The van der Waals surface area contributed by atoms with Crippen LogP contribution in [0.2, 0.25) is 0 Å². The first kappa shape index (κ1) is 47.6. The summed E-state index contributed by atoms with van der Waals surface area (Å²) in [6.45, 7) is 4.26. The van der Waals surface area contributed by atoms with E-state index in [1.165, 1.54) is 16.9 Å². The normalized spacial score (nSPS) is 22.3. The lowest BCUT2D eigenvalue weighted by atomic mass is 10.1. The smallest absolute Gasteiger partial charge is 0.341 e. The largest absolute Gasteiger partial charge is 0.477 e. The zero-order valence-corrected chi connectivity index (χ0v) is 39.2. The molecule has 0 saturated carbocycles. The van der Waals surface area contributed by atoms with Crippen molar-refractivity contribution >= 4 is 56.9 Å².